The van der Waals surface area contributed by atoms with Crippen molar-refractivity contribution in [3.63, 3.8) is 0 Å². The quantitative estimate of drug-likeness (QED) is 0.782. The summed E-state index contributed by atoms with van der Waals surface area (Å²) in [5.41, 5.74) is 2.99. The lowest BCUT2D eigenvalue weighted by molar-refractivity contribution is -0.118. The maximum atomic E-state index is 12.5. The Morgan fingerprint density at radius 2 is 2.00 bits per heavy atom. The van der Waals surface area contributed by atoms with E-state index in [2.05, 4.69) is 21.0 Å². The Labute approximate surface area is 135 Å². The number of likely N-dealkylation sites (N-methyl/N-ethyl adjacent to an activating group) is 1. The highest BCUT2D eigenvalue weighted by Gasteiger charge is 2.20. The molecule has 1 heterocycles. The fourth-order valence-electron chi connectivity index (χ4n) is 2.28. The fraction of sp³-hybridized carbons (Fsp3) is 0.312. The smallest absolute Gasteiger partial charge is 0.246 e. The van der Waals surface area contributed by atoms with Crippen LogP contribution >= 0.6 is 0 Å². The van der Waals surface area contributed by atoms with Crippen LogP contribution in [0.25, 0.3) is 0 Å². The average Bonchev–Trinajstić information content (AvgIpc) is 2.89. The minimum absolute atomic E-state index is 0.158. The molecule has 7 heteroatoms. The van der Waals surface area contributed by atoms with Crippen LogP contribution in [0.5, 0.6) is 0 Å². The molecule has 0 saturated heterocycles. The number of amides is 2. The number of rotatable bonds is 5. The van der Waals surface area contributed by atoms with Crippen molar-refractivity contribution in [3.8, 4) is 0 Å². The molecular weight excluding hydrogens is 294 g/mol. The van der Waals surface area contributed by atoms with Gasteiger partial charge in [0.05, 0.1) is 6.20 Å². The predicted molar refractivity (Wildman–Crippen MR) is 89.1 cm³/mol. The van der Waals surface area contributed by atoms with E-state index in [-0.39, 0.29) is 11.8 Å². The van der Waals surface area contributed by atoms with Crippen LogP contribution < -0.4 is 16.0 Å². The molecule has 23 heavy (non-hydrogen) atoms. The summed E-state index contributed by atoms with van der Waals surface area (Å²) in [5.74, 6) is -0.349. The summed E-state index contributed by atoms with van der Waals surface area (Å²) >= 11 is 0. The number of aryl methyl sites for hydroxylation is 2. The normalized spacial score (nSPS) is 11.8. The van der Waals surface area contributed by atoms with E-state index < -0.39 is 6.04 Å². The molecule has 0 aliphatic heterocycles. The summed E-state index contributed by atoms with van der Waals surface area (Å²) in [5, 5.41) is 12.7. The Kier molecular flexibility index (Phi) is 5.13. The summed E-state index contributed by atoms with van der Waals surface area (Å²) < 4.78 is 1.65. The molecule has 0 fully saturated rings. The van der Waals surface area contributed by atoms with Crippen molar-refractivity contribution in [2.24, 2.45) is 7.05 Å². The second-order valence-electron chi connectivity index (χ2n) is 5.37. The maximum absolute atomic E-state index is 12.5. The molecule has 1 atom stereocenters. The first-order chi connectivity index (χ1) is 10.9. The molecule has 7 nitrogen and oxygen atoms in total. The van der Waals surface area contributed by atoms with Gasteiger partial charge in [0.1, 0.15) is 6.04 Å². The highest BCUT2D eigenvalue weighted by Crippen LogP contribution is 2.22. The summed E-state index contributed by atoms with van der Waals surface area (Å²) in [6.45, 7) is 3.34. The van der Waals surface area contributed by atoms with Gasteiger partial charge in [0.2, 0.25) is 11.8 Å². The van der Waals surface area contributed by atoms with Crippen molar-refractivity contribution in [3.05, 3.63) is 41.7 Å². The van der Waals surface area contributed by atoms with Gasteiger partial charge in [-0.3, -0.25) is 14.3 Å². The van der Waals surface area contributed by atoms with Gasteiger partial charge < -0.3 is 16.0 Å². The van der Waals surface area contributed by atoms with Crippen LogP contribution in [0, 0.1) is 6.92 Å². The minimum atomic E-state index is -0.507. The molecule has 3 N–H and O–H groups in total. The van der Waals surface area contributed by atoms with Crippen LogP contribution in [0.4, 0.5) is 11.4 Å². The topological polar surface area (TPSA) is 88.1 Å². The number of hydrogen-bond donors (Lipinski definition) is 3. The molecule has 0 saturated carbocycles. The second kappa shape index (κ2) is 7.06. The van der Waals surface area contributed by atoms with E-state index in [1.54, 1.807) is 43.3 Å². The highest BCUT2D eigenvalue weighted by atomic mass is 16.2. The van der Waals surface area contributed by atoms with E-state index in [0.717, 1.165) is 11.1 Å². The standard InChI is InChI=1S/C16H21N5O2/c1-10-5-6-13(19-11(2)22)7-14(10)20-16(23)15(17-3)12-8-18-21(4)9-12/h5-9,15,17H,1-4H3,(H,19,22)(H,20,23). The zero-order chi connectivity index (χ0) is 17.0. The molecule has 1 aromatic carbocycles. The largest absolute Gasteiger partial charge is 0.326 e. The van der Waals surface area contributed by atoms with Crippen molar-refractivity contribution in [2.45, 2.75) is 19.9 Å². The van der Waals surface area contributed by atoms with Crippen LogP contribution in [-0.2, 0) is 16.6 Å². The van der Waals surface area contributed by atoms with Crippen molar-refractivity contribution >= 4 is 23.2 Å². The molecule has 2 rings (SSSR count). The zero-order valence-corrected chi connectivity index (χ0v) is 13.7. The molecule has 1 unspecified atom stereocenters. The zero-order valence-electron chi connectivity index (χ0n) is 13.7. The Balaban J connectivity index is 2.19. The van der Waals surface area contributed by atoms with E-state index in [9.17, 15) is 9.59 Å². The molecule has 0 bridgehead atoms. The number of anilines is 2. The average molecular weight is 315 g/mol. The lowest BCUT2D eigenvalue weighted by Crippen LogP contribution is -2.30. The Morgan fingerprint density at radius 3 is 2.57 bits per heavy atom. The van der Waals surface area contributed by atoms with Gasteiger partial charge in [-0.25, -0.2) is 0 Å². The number of nitrogens with zero attached hydrogens (tertiary/aromatic N) is 2. The van der Waals surface area contributed by atoms with Crippen LogP contribution in [0.1, 0.15) is 24.1 Å². The second-order valence-corrected chi connectivity index (χ2v) is 5.37. The molecule has 0 aliphatic carbocycles. The van der Waals surface area contributed by atoms with E-state index >= 15 is 0 Å². The lowest BCUT2D eigenvalue weighted by atomic mass is 10.1. The summed E-state index contributed by atoms with van der Waals surface area (Å²) in [7, 11) is 3.52. The summed E-state index contributed by atoms with van der Waals surface area (Å²) in [6.07, 6.45) is 3.45. The number of carbonyl (C=O) groups excluding carboxylic acids is 2. The van der Waals surface area contributed by atoms with Crippen molar-refractivity contribution in [1.82, 2.24) is 15.1 Å². The first-order valence-corrected chi connectivity index (χ1v) is 7.25. The fourth-order valence-corrected chi connectivity index (χ4v) is 2.28. The van der Waals surface area contributed by atoms with Gasteiger partial charge in [0.25, 0.3) is 0 Å². The maximum Gasteiger partial charge on any atom is 0.246 e. The van der Waals surface area contributed by atoms with Gasteiger partial charge in [0, 0.05) is 37.1 Å². The lowest BCUT2D eigenvalue weighted by Gasteiger charge is -2.16. The van der Waals surface area contributed by atoms with Gasteiger partial charge in [-0.2, -0.15) is 5.10 Å². The van der Waals surface area contributed by atoms with Crippen LogP contribution in [0.2, 0.25) is 0 Å². The summed E-state index contributed by atoms with van der Waals surface area (Å²) in [6, 6.07) is 4.88. The van der Waals surface area contributed by atoms with E-state index in [4.69, 9.17) is 0 Å². The third-order valence-corrected chi connectivity index (χ3v) is 3.42. The first-order valence-electron chi connectivity index (χ1n) is 7.25. The van der Waals surface area contributed by atoms with Gasteiger partial charge in [0.15, 0.2) is 0 Å². The number of nitrogens with one attached hydrogen (secondary N) is 3. The van der Waals surface area contributed by atoms with E-state index in [1.807, 2.05) is 13.0 Å². The Bertz CT molecular complexity index is 723. The molecule has 2 amide bonds. The molecule has 0 aliphatic rings. The predicted octanol–water partition coefficient (Wildman–Crippen LogP) is 1.59. The minimum Gasteiger partial charge on any atom is -0.326 e. The molecule has 0 spiro atoms. The molecule has 1 aromatic heterocycles. The molecular formula is C16H21N5O2. The Hall–Kier alpha value is -2.67. The van der Waals surface area contributed by atoms with E-state index in [1.165, 1.54) is 6.92 Å². The highest BCUT2D eigenvalue weighted by molar-refractivity contribution is 5.97. The van der Waals surface area contributed by atoms with Crippen molar-refractivity contribution in [1.29, 1.82) is 0 Å². The van der Waals surface area contributed by atoms with Gasteiger partial charge in [-0.1, -0.05) is 6.07 Å². The monoisotopic (exact) mass is 315 g/mol. The third-order valence-electron chi connectivity index (χ3n) is 3.42. The first kappa shape index (κ1) is 16.7. The SMILES string of the molecule is CNC(C(=O)Nc1cc(NC(C)=O)ccc1C)c1cnn(C)c1. The van der Waals surface area contributed by atoms with Gasteiger partial charge >= 0.3 is 0 Å². The van der Waals surface area contributed by atoms with Crippen molar-refractivity contribution < 1.29 is 9.59 Å². The van der Waals surface area contributed by atoms with E-state index in [0.29, 0.717) is 11.4 Å². The van der Waals surface area contributed by atoms with Gasteiger partial charge in [-0.15, -0.1) is 0 Å². The summed E-state index contributed by atoms with van der Waals surface area (Å²) in [4.78, 5) is 23.7. The van der Waals surface area contributed by atoms with Crippen LogP contribution in [0.3, 0.4) is 0 Å². The number of aromatic nitrogens is 2. The molecule has 0 radical (unpaired) electrons. The molecule has 2 aromatic rings. The van der Waals surface area contributed by atoms with Crippen LogP contribution in [-0.4, -0.2) is 28.6 Å². The van der Waals surface area contributed by atoms with Crippen LogP contribution in [0.15, 0.2) is 30.6 Å². The number of carbonyl (C=O) groups is 2. The third kappa shape index (κ3) is 4.17. The number of benzene rings is 1. The molecule has 122 valence electrons. The Morgan fingerprint density at radius 1 is 1.26 bits per heavy atom. The van der Waals surface area contributed by atoms with Crippen molar-refractivity contribution in [2.75, 3.05) is 17.7 Å². The van der Waals surface area contributed by atoms with Gasteiger partial charge in [-0.05, 0) is 31.7 Å². The number of hydrogen-bond acceptors (Lipinski definition) is 4.